The zero-order chi connectivity index (χ0) is 22.2. The third-order valence-corrected chi connectivity index (χ3v) is 8.44. The van der Waals surface area contributed by atoms with E-state index in [0.717, 1.165) is 42.4 Å². The first-order valence-electron chi connectivity index (χ1n) is 10.8. The van der Waals surface area contributed by atoms with Crippen LogP contribution in [0.2, 0.25) is 35.7 Å². The number of carbonyl (C=O) groups is 1. The minimum Gasteiger partial charge on any atom is -0.467 e. The van der Waals surface area contributed by atoms with Crippen LogP contribution in [0, 0.1) is 0 Å². The molecule has 0 aliphatic carbocycles. The van der Waals surface area contributed by atoms with E-state index in [1.807, 2.05) is 15.6 Å². The second-order valence-corrected chi connectivity index (χ2v) is 15.9. The Morgan fingerprint density at radius 2 is 2.06 bits per heavy atom. The van der Waals surface area contributed by atoms with Gasteiger partial charge in [0.15, 0.2) is 6.79 Å². The van der Waals surface area contributed by atoms with Crippen molar-refractivity contribution in [2.45, 2.75) is 57.4 Å². The molecule has 31 heavy (non-hydrogen) atoms. The van der Waals surface area contributed by atoms with Crippen molar-refractivity contribution in [3.63, 3.8) is 0 Å². The van der Waals surface area contributed by atoms with Gasteiger partial charge >= 0.3 is 0 Å². The number of ether oxygens (including phenoxy) is 2. The van der Waals surface area contributed by atoms with Crippen molar-refractivity contribution < 1.29 is 14.3 Å². The predicted octanol–water partition coefficient (Wildman–Crippen LogP) is 5.35. The van der Waals surface area contributed by atoms with Gasteiger partial charge in [-0.2, -0.15) is 5.10 Å². The normalized spacial score (nSPS) is 18.7. The minimum absolute atomic E-state index is 0.0704. The number of amides is 1. The molecule has 3 heterocycles. The van der Waals surface area contributed by atoms with Crippen LogP contribution in [0.4, 0.5) is 5.69 Å². The van der Waals surface area contributed by atoms with E-state index in [4.69, 9.17) is 32.7 Å². The Kier molecular flexibility index (Phi) is 6.67. The Morgan fingerprint density at radius 1 is 1.26 bits per heavy atom. The van der Waals surface area contributed by atoms with Crippen molar-refractivity contribution in [3.05, 3.63) is 39.6 Å². The highest BCUT2D eigenvalue weighted by molar-refractivity contribution is 6.76. The number of carbonyl (C=O) groups excluding carboxylic acids is 1. The molecule has 9 heteroatoms. The van der Waals surface area contributed by atoms with Gasteiger partial charge in [0.1, 0.15) is 5.75 Å². The largest absolute Gasteiger partial charge is 0.467 e. The van der Waals surface area contributed by atoms with E-state index < -0.39 is 8.07 Å². The molecule has 0 N–H and O–H groups in total. The van der Waals surface area contributed by atoms with Gasteiger partial charge in [-0.15, -0.1) is 0 Å². The van der Waals surface area contributed by atoms with Gasteiger partial charge in [-0.25, -0.2) is 0 Å². The molecule has 1 atom stereocenters. The average Bonchev–Trinajstić information content (AvgIpc) is 3.39. The van der Waals surface area contributed by atoms with Crippen LogP contribution in [0.3, 0.4) is 0 Å². The standard InChI is InChI=1S/C22H29Cl2N3O3Si/c1-31(2,3)10-9-29-14-30-19-7-6-16(23)22(24)21(19)15-11-20(28)26(13-15)18-12-25-27-8-4-5-17(18)27/h6-7,12,15H,4-5,8-11,13-14H2,1-3H3/t15-/m0/s1. The lowest BCUT2D eigenvalue weighted by Crippen LogP contribution is -2.25. The van der Waals surface area contributed by atoms with Crippen LogP contribution in [-0.2, 0) is 22.5 Å². The van der Waals surface area contributed by atoms with E-state index in [0.29, 0.717) is 35.4 Å². The van der Waals surface area contributed by atoms with E-state index in [-0.39, 0.29) is 18.6 Å². The molecular weight excluding hydrogens is 453 g/mol. The van der Waals surface area contributed by atoms with Gasteiger partial charge in [0.25, 0.3) is 0 Å². The van der Waals surface area contributed by atoms with E-state index in [2.05, 4.69) is 24.7 Å². The third kappa shape index (κ3) is 4.95. The first-order valence-corrected chi connectivity index (χ1v) is 15.2. The number of halogens is 2. The number of rotatable bonds is 8. The fourth-order valence-corrected chi connectivity index (χ4v) is 5.44. The van der Waals surface area contributed by atoms with E-state index >= 15 is 0 Å². The molecule has 4 rings (SSSR count). The summed E-state index contributed by atoms with van der Waals surface area (Å²) in [6.07, 6.45) is 4.18. The molecule has 1 aromatic carbocycles. The topological polar surface area (TPSA) is 56.6 Å². The van der Waals surface area contributed by atoms with E-state index in [1.165, 1.54) is 0 Å². The minimum atomic E-state index is -1.15. The maximum Gasteiger partial charge on any atom is 0.227 e. The molecule has 0 unspecified atom stereocenters. The van der Waals surface area contributed by atoms with Gasteiger partial charge in [-0.05, 0) is 31.0 Å². The van der Waals surface area contributed by atoms with Gasteiger partial charge < -0.3 is 14.4 Å². The quantitative estimate of drug-likeness (QED) is 0.289. The van der Waals surface area contributed by atoms with Crippen LogP contribution < -0.4 is 9.64 Å². The molecule has 0 radical (unpaired) electrons. The Hall–Kier alpha value is -1.54. The zero-order valence-electron chi connectivity index (χ0n) is 18.3. The molecule has 1 amide bonds. The summed E-state index contributed by atoms with van der Waals surface area (Å²) in [6.45, 7) is 9.21. The van der Waals surface area contributed by atoms with Crippen LogP contribution in [0.15, 0.2) is 18.3 Å². The molecular formula is C22H29Cl2N3O3Si. The smallest absolute Gasteiger partial charge is 0.227 e. The highest BCUT2D eigenvalue weighted by Gasteiger charge is 2.37. The number of nitrogens with zero attached hydrogens (tertiary/aromatic N) is 3. The van der Waals surface area contributed by atoms with Crippen molar-refractivity contribution in [1.82, 2.24) is 9.78 Å². The number of hydrogen-bond donors (Lipinski definition) is 0. The Balaban J connectivity index is 1.49. The fraction of sp³-hybridized carbons (Fsp3) is 0.545. The first kappa shape index (κ1) is 22.6. The summed E-state index contributed by atoms with van der Waals surface area (Å²) in [4.78, 5) is 14.7. The Bertz CT molecular complexity index is 974. The Labute approximate surface area is 194 Å². The number of anilines is 1. The SMILES string of the molecule is C[Si](C)(C)CCOCOc1ccc(Cl)c(Cl)c1[C@H]1CC(=O)N(c2cnn3c2CCC3)C1. The maximum absolute atomic E-state index is 12.9. The zero-order valence-corrected chi connectivity index (χ0v) is 20.8. The van der Waals surface area contributed by atoms with E-state index in [1.54, 1.807) is 12.3 Å². The molecule has 2 aliphatic rings. The summed E-state index contributed by atoms with van der Waals surface area (Å²) in [5, 5.41) is 5.34. The molecule has 1 fully saturated rings. The number of fused-ring (bicyclic) bond motifs is 1. The second kappa shape index (κ2) is 9.14. The molecule has 6 nitrogen and oxygen atoms in total. The molecule has 1 saturated heterocycles. The predicted molar refractivity (Wildman–Crippen MR) is 126 cm³/mol. The van der Waals surface area contributed by atoms with Crippen LogP contribution in [-0.4, -0.2) is 43.7 Å². The molecule has 1 aromatic heterocycles. The van der Waals surface area contributed by atoms with Crippen LogP contribution in [0.1, 0.15) is 30.0 Å². The summed E-state index contributed by atoms with van der Waals surface area (Å²) in [5.41, 5.74) is 2.83. The van der Waals surface area contributed by atoms with Crippen molar-refractivity contribution in [3.8, 4) is 5.75 Å². The van der Waals surface area contributed by atoms with Crippen molar-refractivity contribution >= 4 is 42.9 Å². The molecule has 0 bridgehead atoms. The van der Waals surface area contributed by atoms with Gasteiger partial charge in [0.05, 0.1) is 27.6 Å². The van der Waals surface area contributed by atoms with Crippen LogP contribution in [0.5, 0.6) is 5.75 Å². The lowest BCUT2D eigenvalue weighted by molar-refractivity contribution is -0.117. The molecule has 2 aliphatic heterocycles. The summed E-state index contributed by atoms with van der Waals surface area (Å²) < 4.78 is 13.6. The van der Waals surface area contributed by atoms with Crippen molar-refractivity contribution in [1.29, 1.82) is 0 Å². The average molecular weight is 482 g/mol. The van der Waals surface area contributed by atoms with Gasteiger partial charge in [-0.1, -0.05) is 42.8 Å². The molecule has 0 saturated carbocycles. The first-order chi connectivity index (χ1) is 14.7. The number of benzene rings is 1. The van der Waals surface area contributed by atoms with Gasteiger partial charge in [0.2, 0.25) is 5.91 Å². The summed E-state index contributed by atoms with van der Waals surface area (Å²) in [5.74, 6) is 0.594. The lowest BCUT2D eigenvalue weighted by atomic mass is 9.97. The maximum atomic E-state index is 12.9. The molecule has 2 aromatic rings. The number of aromatic nitrogens is 2. The van der Waals surface area contributed by atoms with Gasteiger partial charge in [-0.3, -0.25) is 9.48 Å². The van der Waals surface area contributed by atoms with Crippen molar-refractivity contribution in [2.75, 3.05) is 24.8 Å². The number of aryl methyl sites for hydroxylation is 1. The Morgan fingerprint density at radius 3 is 2.84 bits per heavy atom. The van der Waals surface area contributed by atoms with Crippen LogP contribution in [0.25, 0.3) is 0 Å². The van der Waals surface area contributed by atoms with Gasteiger partial charge in [0, 0.05) is 45.7 Å². The highest BCUT2D eigenvalue weighted by Crippen LogP contribution is 2.43. The summed E-state index contributed by atoms with van der Waals surface area (Å²) >= 11 is 12.9. The fourth-order valence-electron chi connectivity index (χ4n) is 4.20. The highest BCUT2D eigenvalue weighted by atomic mass is 35.5. The summed E-state index contributed by atoms with van der Waals surface area (Å²) in [7, 11) is -1.15. The lowest BCUT2D eigenvalue weighted by Gasteiger charge is -2.20. The second-order valence-electron chi connectivity index (χ2n) is 9.46. The molecule has 0 spiro atoms. The summed E-state index contributed by atoms with van der Waals surface area (Å²) in [6, 6.07) is 4.62. The van der Waals surface area contributed by atoms with Crippen molar-refractivity contribution in [2.24, 2.45) is 0 Å². The van der Waals surface area contributed by atoms with E-state index in [9.17, 15) is 4.79 Å². The molecule has 168 valence electrons. The third-order valence-electron chi connectivity index (χ3n) is 5.92. The monoisotopic (exact) mass is 481 g/mol. The number of hydrogen-bond acceptors (Lipinski definition) is 4. The van der Waals surface area contributed by atoms with Crippen LogP contribution >= 0.6 is 23.2 Å².